The predicted molar refractivity (Wildman–Crippen MR) is 65.4 cm³/mol. The summed E-state index contributed by atoms with van der Waals surface area (Å²) in [7, 11) is 3.40. The molecule has 0 spiro atoms. The zero-order valence-electron chi connectivity index (χ0n) is 10.3. The Balaban J connectivity index is 2.37. The lowest BCUT2D eigenvalue weighted by Crippen LogP contribution is -2.36. The molecule has 0 aromatic rings. The average molecular weight is 233 g/mol. The molecule has 0 bridgehead atoms. The number of rotatable bonds is 4. The highest BCUT2D eigenvalue weighted by atomic mass is 32.2. The van der Waals surface area contributed by atoms with E-state index in [1.54, 1.807) is 14.2 Å². The molecular formula is C11H23NO2S. The molecule has 0 aliphatic carbocycles. The summed E-state index contributed by atoms with van der Waals surface area (Å²) in [4.78, 5) is 2.43. The molecule has 0 atom stereocenters. The highest BCUT2D eigenvalue weighted by Crippen LogP contribution is 2.30. The van der Waals surface area contributed by atoms with Gasteiger partial charge in [-0.3, -0.25) is 4.90 Å². The Kier molecular flexibility index (Phi) is 5.39. The van der Waals surface area contributed by atoms with Gasteiger partial charge in [0.2, 0.25) is 0 Å². The summed E-state index contributed by atoms with van der Waals surface area (Å²) in [6.45, 7) is 7.81. The molecule has 0 aromatic carbocycles. The molecule has 1 aliphatic rings. The van der Waals surface area contributed by atoms with E-state index in [1.165, 1.54) is 12.2 Å². The number of nitrogens with zero attached hydrogens (tertiary/aromatic N) is 1. The third kappa shape index (κ3) is 4.72. The van der Waals surface area contributed by atoms with Crippen molar-refractivity contribution in [1.82, 2.24) is 4.90 Å². The van der Waals surface area contributed by atoms with Crippen LogP contribution in [0.2, 0.25) is 0 Å². The van der Waals surface area contributed by atoms with E-state index in [1.807, 2.05) is 0 Å². The normalized spacial score (nSPS) is 23.0. The van der Waals surface area contributed by atoms with Gasteiger partial charge in [-0.05, 0) is 13.0 Å². The van der Waals surface area contributed by atoms with E-state index in [9.17, 15) is 0 Å². The van der Waals surface area contributed by atoms with E-state index in [0.29, 0.717) is 4.75 Å². The predicted octanol–water partition coefficient (Wildman–Crippen LogP) is 1.82. The molecule has 1 heterocycles. The van der Waals surface area contributed by atoms with Crippen molar-refractivity contribution >= 4 is 11.8 Å². The summed E-state index contributed by atoms with van der Waals surface area (Å²) >= 11 is 2.06. The highest BCUT2D eigenvalue weighted by Gasteiger charge is 2.24. The fourth-order valence-electron chi connectivity index (χ4n) is 1.70. The first-order chi connectivity index (χ1) is 7.07. The summed E-state index contributed by atoms with van der Waals surface area (Å²) in [5.41, 5.74) is 0. The maximum atomic E-state index is 5.22. The van der Waals surface area contributed by atoms with Crippen LogP contribution in [-0.4, -0.2) is 55.5 Å². The molecule has 15 heavy (non-hydrogen) atoms. The number of thioether (sulfide) groups is 1. The molecule has 0 amide bonds. The van der Waals surface area contributed by atoms with E-state index in [4.69, 9.17) is 9.47 Å². The molecule has 0 aromatic heterocycles. The van der Waals surface area contributed by atoms with Crippen LogP contribution in [0.1, 0.15) is 20.3 Å². The van der Waals surface area contributed by atoms with Crippen LogP contribution in [0.15, 0.2) is 0 Å². The van der Waals surface area contributed by atoms with Crippen LogP contribution in [0.4, 0.5) is 0 Å². The maximum Gasteiger partial charge on any atom is 0.169 e. The smallest absolute Gasteiger partial charge is 0.169 e. The molecule has 0 N–H and O–H groups in total. The number of methoxy groups -OCH3 is 2. The van der Waals surface area contributed by atoms with Gasteiger partial charge in [0, 0.05) is 37.8 Å². The van der Waals surface area contributed by atoms with Gasteiger partial charge in [0.15, 0.2) is 6.29 Å². The average Bonchev–Trinajstić information content (AvgIpc) is 2.36. The van der Waals surface area contributed by atoms with Gasteiger partial charge in [-0.2, -0.15) is 11.8 Å². The summed E-state index contributed by atoms with van der Waals surface area (Å²) in [6.07, 6.45) is 1.15. The fraction of sp³-hybridized carbons (Fsp3) is 1.00. The van der Waals surface area contributed by atoms with Gasteiger partial charge in [-0.1, -0.05) is 13.8 Å². The quantitative estimate of drug-likeness (QED) is 0.691. The second-order valence-corrected chi connectivity index (χ2v) is 6.36. The third-order valence-corrected chi connectivity index (χ3v) is 4.24. The Labute approximate surface area is 97.5 Å². The van der Waals surface area contributed by atoms with E-state index in [0.717, 1.165) is 19.6 Å². The van der Waals surface area contributed by atoms with Crippen molar-refractivity contribution < 1.29 is 9.47 Å². The molecule has 0 unspecified atom stereocenters. The molecular weight excluding hydrogens is 210 g/mol. The van der Waals surface area contributed by atoms with Crippen LogP contribution in [0.3, 0.4) is 0 Å². The van der Waals surface area contributed by atoms with Crippen molar-refractivity contribution in [2.24, 2.45) is 0 Å². The summed E-state index contributed by atoms with van der Waals surface area (Å²) in [5, 5.41) is 0. The lowest BCUT2D eigenvalue weighted by molar-refractivity contribution is -0.115. The Bertz CT molecular complexity index is 183. The van der Waals surface area contributed by atoms with E-state index in [-0.39, 0.29) is 6.29 Å². The summed E-state index contributed by atoms with van der Waals surface area (Å²) in [6, 6.07) is 0. The number of ether oxygens (including phenoxy) is 2. The Morgan fingerprint density at radius 1 is 1.27 bits per heavy atom. The van der Waals surface area contributed by atoms with Crippen molar-refractivity contribution in [3.8, 4) is 0 Å². The van der Waals surface area contributed by atoms with Gasteiger partial charge in [0.1, 0.15) is 0 Å². The standard InChI is InChI=1S/C11H23NO2S/c1-11(2)5-6-12(7-8-15-11)9-10(13-3)14-4/h10H,5-9H2,1-4H3. The number of hydrogen-bond donors (Lipinski definition) is 0. The molecule has 0 radical (unpaired) electrons. The second kappa shape index (κ2) is 6.09. The van der Waals surface area contributed by atoms with E-state index in [2.05, 4.69) is 30.5 Å². The molecule has 3 nitrogen and oxygen atoms in total. The Morgan fingerprint density at radius 3 is 2.53 bits per heavy atom. The summed E-state index contributed by atoms with van der Waals surface area (Å²) in [5.74, 6) is 1.20. The zero-order valence-corrected chi connectivity index (χ0v) is 11.1. The first-order valence-corrected chi connectivity index (χ1v) is 6.48. The van der Waals surface area contributed by atoms with E-state index >= 15 is 0 Å². The molecule has 4 heteroatoms. The van der Waals surface area contributed by atoms with Crippen LogP contribution in [0, 0.1) is 0 Å². The molecule has 90 valence electrons. The first kappa shape index (κ1) is 13.3. The minimum Gasteiger partial charge on any atom is -0.355 e. The van der Waals surface area contributed by atoms with Crippen molar-refractivity contribution in [2.45, 2.75) is 31.3 Å². The van der Waals surface area contributed by atoms with E-state index < -0.39 is 0 Å². The molecule has 1 aliphatic heterocycles. The zero-order chi connectivity index (χ0) is 11.3. The van der Waals surface area contributed by atoms with Gasteiger partial charge in [-0.25, -0.2) is 0 Å². The van der Waals surface area contributed by atoms with Gasteiger partial charge in [-0.15, -0.1) is 0 Å². The van der Waals surface area contributed by atoms with Crippen molar-refractivity contribution in [3.05, 3.63) is 0 Å². The molecule has 1 rings (SSSR count). The van der Waals surface area contributed by atoms with Crippen molar-refractivity contribution in [1.29, 1.82) is 0 Å². The second-order valence-electron chi connectivity index (χ2n) is 4.56. The lowest BCUT2D eigenvalue weighted by Gasteiger charge is -2.25. The fourth-order valence-corrected chi connectivity index (χ4v) is 2.84. The van der Waals surface area contributed by atoms with Crippen LogP contribution in [0.5, 0.6) is 0 Å². The Hall–Kier alpha value is 0.230. The number of hydrogen-bond acceptors (Lipinski definition) is 4. The summed E-state index contributed by atoms with van der Waals surface area (Å²) < 4.78 is 10.9. The van der Waals surface area contributed by atoms with Gasteiger partial charge >= 0.3 is 0 Å². The van der Waals surface area contributed by atoms with Gasteiger partial charge in [0.05, 0.1) is 0 Å². The van der Waals surface area contributed by atoms with Crippen molar-refractivity contribution in [2.75, 3.05) is 39.6 Å². The van der Waals surface area contributed by atoms with Gasteiger partial charge < -0.3 is 9.47 Å². The van der Waals surface area contributed by atoms with Crippen LogP contribution >= 0.6 is 11.8 Å². The minimum atomic E-state index is -0.0868. The molecule has 1 fully saturated rings. The lowest BCUT2D eigenvalue weighted by atomic mass is 10.1. The topological polar surface area (TPSA) is 21.7 Å². The van der Waals surface area contributed by atoms with Gasteiger partial charge in [0.25, 0.3) is 0 Å². The van der Waals surface area contributed by atoms with Crippen LogP contribution in [0.25, 0.3) is 0 Å². The minimum absolute atomic E-state index is 0.0868. The van der Waals surface area contributed by atoms with Crippen LogP contribution in [-0.2, 0) is 9.47 Å². The van der Waals surface area contributed by atoms with Crippen LogP contribution < -0.4 is 0 Å². The SMILES string of the molecule is COC(CN1CCSC(C)(C)CC1)OC. The Morgan fingerprint density at radius 2 is 1.93 bits per heavy atom. The monoisotopic (exact) mass is 233 g/mol. The largest absolute Gasteiger partial charge is 0.355 e. The molecule has 0 saturated carbocycles. The third-order valence-electron chi connectivity index (χ3n) is 2.86. The maximum absolute atomic E-state index is 5.22. The molecule has 1 saturated heterocycles. The highest BCUT2D eigenvalue weighted by molar-refractivity contribution is 8.00. The van der Waals surface area contributed by atoms with Crippen molar-refractivity contribution in [3.63, 3.8) is 0 Å². The first-order valence-electron chi connectivity index (χ1n) is 5.49.